The third kappa shape index (κ3) is 3.82. The molecule has 0 radical (unpaired) electrons. The molecule has 0 bridgehead atoms. The fraction of sp³-hybridized carbons (Fsp3) is 0.625. The minimum absolute atomic E-state index is 0.177. The zero-order valence-electron chi connectivity index (χ0n) is 11.6. The summed E-state index contributed by atoms with van der Waals surface area (Å²) >= 11 is 0. The Balaban J connectivity index is 1.78. The molecule has 2 heteroatoms. The van der Waals surface area contributed by atoms with Crippen molar-refractivity contribution in [2.24, 2.45) is 0 Å². The molecule has 1 aliphatic heterocycles. The molecule has 1 fully saturated rings. The molecule has 0 amide bonds. The number of rotatable bonds is 5. The van der Waals surface area contributed by atoms with Crippen molar-refractivity contribution >= 4 is 0 Å². The van der Waals surface area contributed by atoms with E-state index < -0.39 is 0 Å². The van der Waals surface area contributed by atoms with Gasteiger partial charge in [-0.25, -0.2) is 0 Å². The first-order valence-corrected chi connectivity index (χ1v) is 7.06. The molecular weight excluding hydrogens is 222 g/mol. The zero-order chi connectivity index (χ0) is 12.8. The molecule has 1 heterocycles. The largest absolute Gasteiger partial charge is 0.377 e. The van der Waals surface area contributed by atoms with Gasteiger partial charge in [0.1, 0.15) is 0 Å². The van der Waals surface area contributed by atoms with Crippen molar-refractivity contribution in [3.63, 3.8) is 0 Å². The van der Waals surface area contributed by atoms with Gasteiger partial charge in [0.2, 0.25) is 0 Å². The van der Waals surface area contributed by atoms with E-state index in [1.165, 1.54) is 24.8 Å². The number of nitrogens with one attached hydrogen (secondary N) is 1. The van der Waals surface area contributed by atoms with E-state index in [1.54, 1.807) is 0 Å². The molecule has 1 atom stereocenters. The molecule has 18 heavy (non-hydrogen) atoms. The predicted octanol–water partition coefficient (Wildman–Crippen LogP) is 3.12. The van der Waals surface area contributed by atoms with Gasteiger partial charge in [0, 0.05) is 25.1 Å². The number of hydrogen-bond donors (Lipinski definition) is 1. The maximum absolute atomic E-state index is 5.74. The van der Waals surface area contributed by atoms with Crippen LogP contribution in [-0.4, -0.2) is 25.8 Å². The lowest BCUT2D eigenvalue weighted by molar-refractivity contribution is 0.0164. The van der Waals surface area contributed by atoms with E-state index in [0.29, 0.717) is 6.10 Å². The van der Waals surface area contributed by atoms with Gasteiger partial charge in [0.25, 0.3) is 0 Å². The van der Waals surface area contributed by atoms with Crippen molar-refractivity contribution in [2.75, 3.05) is 19.7 Å². The van der Waals surface area contributed by atoms with Gasteiger partial charge in [0.05, 0.1) is 6.10 Å². The standard InChI is InChI=1S/C16H25NO/c1-16(2,14-8-4-3-5-9-14)13-17-12-15-10-6-7-11-18-15/h3-5,8-9,15,17H,6-7,10-13H2,1-2H3. The van der Waals surface area contributed by atoms with Crippen LogP contribution in [0.25, 0.3) is 0 Å². The molecule has 1 saturated heterocycles. The van der Waals surface area contributed by atoms with Gasteiger partial charge >= 0.3 is 0 Å². The molecule has 1 aliphatic rings. The van der Waals surface area contributed by atoms with E-state index in [-0.39, 0.29) is 5.41 Å². The van der Waals surface area contributed by atoms with Gasteiger partial charge in [-0.3, -0.25) is 0 Å². The zero-order valence-corrected chi connectivity index (χ0v) is 11.6. The van der Waals surface area contributed by atoms with Crippen molar-refractivity contribution in [1.29, 1.82) is 0 Å². The average Bonchev–Trinajstić information content (AvgIpc) is 2.41. The molecule has 2 nitrogen and oxygen atoms in total. The lowest BCUT2D eigenvalue weighted by atomic mass is 9.84. The van der Waals surface area contributed by atoms with Crippen molar-refractivity contribution in [2.45, 2.75) is 44.6 Å². The highest BCUT2D eigenvalue weighted by molar-refractivity contribution is 5.23. The third-order valence-corrected chi connectivity index (χ3v) is 3.77. The Hall–Kier alpha value is -0.860. The smallest absolute Gasteiger partial charge is 0.0699 e. The van der Waals surface area contributed by atoms with Gasteiger partial charge in [-0.15, -0.1) is 0 Å². The Morgan fingerprint density at radius 1 is 1.22 bits per heavy atom. The Bertz CT molecular complexity index is 341. The molecular formula is C16H25NO. The van der Waals surface area contributed by atoms with Crippen LogP contribution >= 0.6 is 0 Å². The minimum Gasteiger partial charge on any atom is -0.377 e. The number of benzene rings is 1. The van der Waals surface area contributed by atoms with Crippen molar-refractivity contribution in [3.05, 3.63) is 35.9 Å². The van der Waals surface area contributed by atoms with Crippen LogP contribution in [0.2, 0.25) is 0 Å². The van der Waals surface area contributed by atoms with Gasteiger partial charge in [-0.1, -0.05) is 44.2 Å². The molecule has 1 N–H and O–H groups in total. The number of hydrogen-bond acceptors (Lipinski definition) is 2. The molecule has 2 rings (SSSR count). The summed E-state index contributed by atoms with van der Waals surface area (Å²) in [7, 11) is 0. The summed E-state index contributed by atoms with van der Waals surface area (Å²) < 4.78 is 5.74. The first-order valence-electron chi connectivity index (χ1n) is 7.06. The maximum atomic E-state index is 5.74. The average molecular weight is 247 g/mol. The SMILES string of the molecule is CC(C)(CNCC1CCCCO1)c1ccccc1. The van der Waals surface area contributed by atoms with Gasteiger partial charge in [-0.05, 0) is 24.8 Å². The lowest BCUT2D eigenvalue weighted by Crippen LogP contribution is -2.38. The fourth-order valence-corrected chi connectivity index (χ4v) is 2.51. The highest BCUT2D eigenvalue weighted by Gasteiger charge is 2.21. The van der Waals surface area contributed by atoms with E-state index in [1.807, 2.05) is 0 Å². The van der Waals surface area contributed by atoms with E-state index in [9.17, 15) is 0 Å². The monoisotopic (exact) mass is 247 g/mol. The second-order valence-electron chi connectivity index (χ2n) is 5.87. The maximum Gasteiger partial charge on any atom is 0.0699 e. The van der Waals surface area contributed by atoms with E-state index >= 15 is 0 Å². The minimum atomic E-state index is 0.177. The molecule has 0 spiro atoms. The van der Waals surface area contributed by atoms with Gasteiger partial charge in [-0.2, -0.15) is 0 Å². The van der Waals surface area contributed by atoms with Crippen LogP contribution in [0, 0.1) is 0 Å². The Morgan fingerprint density at radius 2 is 2.00 bits per heavy atom. The van der Waals surface area contributed by atoms with Crippen LogP contribution in [0.1, 0.15) is 38.7 Å². The predicted molar refractivity (Wildman–Crippen MR) is 75.9 cm³/mol. The summed E-state index contributed by atoms with van der Waals surface area (Å²) in [5.41, 5.74) is 1.57. The topological polar surface area (TPSA) is 21.3 Å². The summed E-state index contributed by atoms with van der Waals surface area (Å²) in [5, 5.41) is 3.57. The van der Waals surface area contributed by atoms with Crippen LogP contribution < -0.4 is 5.32 Å². The van der Waals surface area contributed by atoms with Crippen LogP contribution in [0.4, 0.5) is 0 Å². The van der Waals surface area contributed by atoms with Crippen molar-refractivity contribution in [3.8, 4) is 0 Å². The van der Waals surface area contributed by atoms with Crippen LogP contribution in [-0.2, 0) is 10.2 Å². The molecule has 1 aromatic rings. The quantitative estimate of drug-likeness (QED) is 0.863. The van der Waals surface area contributed by atoms with E-state index in [2.05, 4.69) is 49.5 Å². The molecule has 1 unspecified atom stereocenters. The summed E-state index contributed by atoms with van der Waals surface area (Å²) in [6.45, 7) is 7.50. The Labute approximate surface area is 111 Å². The number of ether oxygens (including phenoxy) is 1. The van der Waals surface area contributed by atoms with Crippen molar-refractivity contribution in [1.82, 2.24) is 5.32 Å². The van der Waals surface area contributed by atoms with Gasteiger partial charge in [0.15, 0.2) is 0 Å². The van der Waals surface area contributed by atoms with Crippen molar-refractivity contribution < 1.29 is 4.74 Å². The van der Waals surface area contributed by atoms with Crippen LogP contribution in [0.3, 0.4) is 0 Å². The normalized spacial score (nSPS) is 20.9. The van der Waals surface area contributed by atoms with Gasteiger partial charge < -0.3 is 10.1 Å². The molecule has 0 saturated carbocycles. The Kier molecular flexibility index (Phi) is 4.79. The summed E-state index contributed by atoms with van der Waals surface area (Å²) in [6.07, 6.45) is 4.17. The fourth-order valence-electron chi connectivity index (χ4n) is 2.51. The third-order valence-electron chi connectivity index (χ3n) is 3.77. The Morgan fingerprint density at radius 3 is 2.67 bits per heavy atom. The first-order chi connectivity index (χ1) is 8.68. The highest BCUT2D eigenvalue weighted by Crippen LogP contribution is 2.21. The highest BCUT2D eigenvalue weighted by atomic mass is 16.5. The van der Waals surface area contributed by atoms with Crippen LogP contribution in [0.15, 0.2) is 30.3 Å². The molecule has 0 aromatic heterocycles. The van der Waals surface area contributed by atoms with E-state index in [4.69, 9.17) is 4.74 Å². The second-order valence-corrected chi connectivity index (χ2v) is 5.87. The lowest BCUT2D eigenvalue weighted by Gasteiger charge is -2.28. The summed E-state index contributed by atoms with van der Waals surface area (Å²) in [6, 6.07) is 10.7. The molecule has 0 aliphatic carbocycles. The van der Waals surface area contributed by atoms with E-state index in [0.717, 1.165) is 19.7 Å². The second kappa shape index (κ2) is 6.35. The molecule has 100 valence electrons. The first kappa shape index (κ1) is 13.6. The summed E-state index contributed by atoms with van der Waals surface area (Å²) in [4.78, 5) is 0. The van der Waals surface area contributed by atoms with Crippen LogP contribution in [0.5, 0.6) is 0 Å². The summed E-state index contributed by atoms with van der Waals surface area (Å²) in [5.74, 6) is 0. The molecule has 1 aromatic carbocycles.